The number of carbonyl (C=O) groups is 5. The minimum absolute atomic E-state index is 0.0426. The Labute approximate surface area is 313 Å². The molecule has 2 aromatic rings. The molecule has 5 rings (SSSR count). The Morgan fingerprint density at radius 3 is 2.23 bits per heavy atom. The van der Waals surface area contributed by atoms with E-state index < -0.39 is 41.5 Å². The zero-order valence-electron chi connectivity index (χ0n) is 31.6. The summed E-state index contributed by atoms with van der Waals surface area (Å²) in [4.78, 5) is 71.7. The van der Waals surface area contributed by atoms with Crippen LogP contribution >= 0.6 is 0 Å². The van der Waals surface area contributed by atoms with Crippen molar-refractivity contribution < 1.29 is 38.6 Å². The van der Waals surface area contributed by atoms with Gasteiger partial charge in [0.25, 0.3) is 5.91 Å². The fourth-order valence-corrected chi connectivity index (χ4v) is 8.07. The Bertz CT molecular complexity index is 1670. The van der Waals surface area contributed by atoms with Crippen molar-refractivity contribution in [1.29, 1.82) is 0 Å². The van der Waals surface area contributed by atoms with Crippen LogP contribution in [0.4, 0.5) is 0 Å². The summed E-state index contributed by atoms with van der Waals surface area (Å²) in [6.45, 7) is 4.10. The van der Waals surface area contributed by atoms with Crippen LogP contribution in [0.3, 0.4) is 0 Å². The van der Waals surface area contributed by atoms with Gasteiger partial charge in [0.2, 0.25) is 11.5 Å². The van der Waals surface area contributed by atoms with Gasteiger partial charge in [-0.3, -0.25) is 19.4 Å². The van der Waals surface area contributed by atoms with Gasteiger partial charge >= 0.3 is 17.9 Å². The fraction of sp³-hybridized carbons (Fsp3) is 0.619. The maximum atomic E-state index is 13.8. The molecular weight excluding hydrogens is 674 g/mol. The van der Waals surface area contributed by atoms with Gasteiger partial charge in [-0.2, -0.15) is 0 Å². The van der Waals surface area contributed by atoms with Crippen LogP contribution < -0.4 is 5.32 Å². The number of benzene rings is 1. The minimum atomic E-state index is -1.81. The molecule has 0 fully saturated rings. The number of hydrogen-bond donors (Lipinski definition) is 2. The number of amides is 2. The Hall–Kier alpha value is -4.28. The molecule has 288 valence electrons. The van der Waals surface area contributed by atoms with E-state index in [4.69, 9.17) is 14.5 Å². The van der Waals surface area contributed by atoms with Crippen molar-refractivity contribution in [2.45, 2.75) is 160 Å². The molecule has 0 saturated heterocycles. The van der Waals surface area contributed by atoms with E-state index in [0.29, 0.717) is 30.5 Å². The predicted octanol–water partition coefficient (Wildman–Crippen LogP) is 7.79. The van der Waals surface area contributed by atoms with Gasteiger partial charge in [-0.25, -0.2) is 9.59 Å². The highest BCUT2D eigenvalue weighted by Gasteiger charge is 2.55. The summed E-state index contributed by atoms with van der Waals surface area (Å²) in [5, 5.41) is 13.2. The molecule has 1 aromatic heterocycles. The molecule has 11 heteroatoms. The van der Waals surface area contributed by atoms with Gasteiger partial charge in [-0.05, 0) is 42.5 Å². The number of cyclic esters (lactones) is 1. The summed E-state index contributed by atoms with van der Waals surface area (Å²) in [6.07, 6.45) is 16.7. The van der Waals surface area contributed by atoms with Crippen molar-refractivity contribution in [3.8, 4) is 0 Å². The van der Waals surface area contributed by atoms with Crippen LogP contribution in [0, 0.1) is 0 Å². The summed E-state index contributed by atoms with van der Waals surface area (Å²) < 4.78 is 11.3. The van der Waals surface area contributed by atoms with Gasteiger partial charge in [-0.15, -0.1) is 0 Å². The lowest BCUT2D eigenvalue weighted by molar-refractivity contribution is -0.182. The van der Waals surface area contributed by atoms with E-state index >= 15 is 0 Å². The molecule has 3 atom stereocenters. The SMILES string of the molecule is CCCCCCCCCCCCCCCCC(NC(=O)CCC(=O)O[C@]1(CC)C(=O)OCC2=C1CC1c3nc4ccccc4cc3CN1C2=O)C(=O)O. The molecule has 2 amide bonds. The monoisotopic (exact) mass is 731 g/mol. The standard InChI is InChI=1S/C42H57N3O8/c1-3-5-6-7-8-9-10-11-12-13-14-15-16-17-22-34(40(49)50)43-36(46)23-24-37(47)53-42(4-2)32-26-35-38-30(25-29-20-18-19-21-33(29)44-38)27-45(35)39(48)31(32)28-52-41(42)51/h18-21,25,34-35H,3-17,22-24,26-28H2,1-2H3,(H,43,46)(H,49,50)/t34?,35?,42-/m0/s1. The minimum Gasteiger partial charge on any atom is -0.480 e. The topological polar surface area (TPSA) is 152 Å². The summed E-state index contributed by atoms with van der Waals surface area (Å²) in [7, 11) is 0. The van der Waals surface area contributed by atoms with Crippen LogP contribution in [0.25, 0.3) is 10.9 Å². The molecule has 53 heavy (non-hydrogen) atoms. The number of nitrogens with zero attached hydrogens (tertiary/aromatic N) is 2. The molecule has 0 radical (unpaired) electrons. The molecule has 1 aromatic carbocycles. The zero-order valence-corrected chi connectivity index (χ0v) is 31.6. The van der Waals surface area contributed by atoms with Gasteiger partial charge < -0.3 is 24.8 Å². The van der Waals surface area contributed by atoms with Gasteiger partial charge in [0.15, 0.2) is 0 Å². The quantitative estimate of drug-likeness (QED) is 0.0913. The number of pyridine rings is 1. The Kier molecular flexibility index (Phi) is 14.4. The number of aromatic nitrogens is 1. The number of carbonyl (C=O) groups excluding carboxylic acids is 4. The highest BCUT2D eigenvalue weighted by Crippen LogP contribution is 2.48. The first-order valence-corrected chi connectivity index (χ1v) is 20.0. The summed E-state index contributed by atoms with van der Waals surface area (Å²) in [5.74, 6) is -3.53. The third kappa shape index (κ3) is 9.83. The number of unbranched alkanes of at least 4 members (excludes halogenated alkanes) is 13. The number of carboxylic acid groups (broad SMARTS) is 1. The average Bonchev–Trinajstić information content (AvgIpc) is 3.51. The van der Waals surface area contributed by atoms with E-state index in [1.807, 2.05) is 30.3 Å². The number of carboxylic acids is 1. The third-order valence-electron chi connectivity index (χ3n) is 11.1. The average molecular weight is 732 g/mol. The second kappa shape index (κ2) is 19.2. The lowest BCUT2D eigenvalue weighted by atomic mass is 9.78. The molecule has 0 aliphatic carbocycles. The molecular formula is C42H57N3O8. The van der Waals surface area contributed by atoms with Crippen molar-refractivity contribution in [1.82, 2.24) is 15.2 Å². The molecule has 0 spiro atoms. The van der Waals surface area contributed by atoms with Gasteiger partial charge in [-0.1, -0.05) is 122 Å². The van der Waals surface area contributed by atoms with Crippen LogP contribution in [0.1, 0.15) is 153 Å². The number of aliphatic carboxylic acids is 1. The Balaban J connectivity index is 1.07. The number of fused-ring (bicyclic) bond motifs is 4. The fourth-order valence-electron chi connectivity index (χ4n) is 8.07. The van der Waals surface area contributed by atoms with Crippen molar-refractivity contribution in [3.63, 3.8) is 0 Å². The van der Waals surface area contributed by atoms with E-state index in [1.54, 1.807) is 11.8 Å². The molecule has 0 saturated carbocycles. The Morgan fingerprint density at radius 1 is 0.943 bits per heavy atom. The van der Waals surface area contributed by atoms with E-state index in [1.165, 1.54) is 64.2 Å². The summed E-state index contributed by atoms with van der Waals surface area (Å²) in [6, 6.07) is 8.30. The van der Waals surface area contributed by atoms with Gasteiger partial charge in [0.05, 0.1) is 29.2 Å². The van der Waals surface area contributed by atoms with Crippen LogP contribution in [0.15, 0.2) is 41.5 Å². The number of para-hydroxylation sites is 1. The van der Waals surface area contributed by atoms with E-state index in [-0.39, 0.29) is 38.2 Å². The largest absolute Gasteiger partial charge is 0.480 e. The molecule has 3 aliphatic rings. The summed E-state index contributed by atoms with van der Waals surface area (Å²) in [5.41, 5.74) is 1.42. The second-order valence-electron chi connectivity index (χ2n) is 14.9. The van der Waals surface area contributed by atoms with Crippen molar-refractivity contribution in [2.75, 3.05) is 6.61 Å². The zero-order chi connectivity index (χ0) is 37.8. The maximum Gasteiger partial charge on any atom is 0.355 e. The van der Waals surface area contributed by atoms with Crippen LogP contribution in [-0.2, 0) is 40.0 Å². The predicted molar refractivity (Wildman–Crippen MR) is 200 cm³/mol. The van der Waals surface area contributed by atoms with Crippen LogP contribution in [-0.4, -0.2) is 63.0 Å². The number of ether oxygens (including phenoxy) is 2. The molecule has 4 heterocycles. The first-order chi connectivity index (χ1) is 25.7. The summed E-state index contributed by atoms with van der Waals surface area (Å²) >= 11 is 0. The molecule has 11 nitrogen and oxygen atoms in total. The van der Waals surface area contributed by atoms with Gasteiger partial charge in [0, 0.05) is 18.4 Å². The first kappa shape index (κ1) is 39.9. The normalized spacial score (nSPS) is 19.7. The number of esters is 2. The highest BCUT2D eigenvalue weighted by molar-refractivity contribution is 6.01. The van der Waals surface area contributed by atoms with Crippen LogP contribution in [0.2, 0.25) is 0 Å². The number of rotatable bonds is 22. The van der Waals surface area contributed by atoms with Crippen molar-refractivity contribution >= 4 is 40.6 Å². The first-order valence-electron chi connectivity index (χ1n) is 20.0. The van der Waals surface area contributed by atoms with E-state index in [2.05, 4.69) is 12.2 Å². The molecule has 2 N–H and O–H groups in total. The second-order valence-corrected chi connectivity index (χ2v) is 14.9. The van der Waals surface area contributed by atoms with Crippen LogP contribution in [0.5, 0.6) is 0 Å². The number of hydrogen-bond acceptors (Lipinski definition) is 8. The lowest BCUT2D eigenvalue weighted by Gasteiger charge is -2.42. The maximum absolute atomic E-state index is 13.8. The smallest absolute Gasteiger partial charge is 0.355 e. The van der Waals surface area contributed by atoms with Gasteiger partial charge in [0.1, 0.15) is 12.6 Å². The van der Waals surface area contributed by atoms with E-state index in [0.717, 1.165) is 41.4 Å². The number of nitrogens with one attached hydrogen (secondary N) is 1. The third-order valence-corrected chi connectivity index (χ3v) is 11.1. The molecule has 0 bridgehead atoms. The molecule has 3 aliphatic heterocycles. The van der Waals surface area contributed by atoms with E-state index in [9.17, 15) is 29.1 Å². The Morgan fingerprint density at radius 2 is 1.58 bits per heavy atom. The molecule has 2 unspecified atom stereocenters. The highest BCUT2D eigenvalue weighted by atomic mass is 16.6. The lowest BCUT2D eigenvalue weighted by Crippen LogP contribution is -2.54. The van der Waals surface area contributed by atoms with Crippen molar-refractivity contribution in [3.05, 3.63) is 52.7 Å². The van der Waals surface area contributed by atoms with Crippen molar-refractivity contribution in [2.24, 2.45) is 0 Å².